The lowest BCUT2D eigenvalue weighted by Crippen LogP contribution is -2.57. The smallest absolute Gasteiger partial charge is 0.237 e. The normalized spacial score (nSPS) is 21.8. The largest absolute Gasteiger partial charge is 0.494 e. The molecular weight excluding hydrogens is 344 g/mol. The van der Waals surface area contributed by atoms with Gasteiger partial charge in [-0.05, 0) is 20.0 Å². The molecule has 0 aromatic heterocycles. The summed E-state index contributed by atoms with van der Waals surface area (Å²) in [6, 6.07) is 7.47. The van der Waals surface area contributed by atoms with Crippen LogP contribution in [0.4, 0.5) is 0 Å². The van der Waals surface area contributed by atoms with Gasteiger partial charge in [-0.15, -0.1) is 0 Å². The topological polar surface area (TPSA) is 65.1 Å². The molecule has 0 bridgehead atoms. The Morgan fingerprint density at radius 1 is 1.19 bits per heavy atom. The highest BCUT2D eigenvalue weighted by Crippen LogP contribution is 2.22. The first-order valence-corrected chi connectivity index (χ1v) is 9.77. The van der Waals surface area contributed by atoms with Gasteiger partial charge in [0, 0.05) is 51.4 Å². The van der Waals surface area contributed by atoms with E-state index in [-0.39, 0.29) is 18.2 Å². The van der Waals surface area contributed by atoms with Gasteiger partial charge in [0.2, 0.25) is 11.8 Å². The van der Waals surface area contributed by atoms with Crippen molar-refractivity contribution in [1.82, 2.24) is 20.0 Å². The Morgan fingerprint density at radius 3 is 2.67 bits per heavy atom. The lowest BCUT2D eigenvalue weighted by molar-refractivity contribution is -0.140. The molecule has 0 aliphatic carbocycles. The third-order valence-corrected chi connectivity index (χ3v) is 5.31. The average Bonchev–Trinajstić information content (AvgIpc) is 2.66. The summed E-state index contributed by atoms with van der Waals surface area (Å²) >= 11 is 0. The van der Waals surface area contributed by atoms with Crippen molar-refractivity contribution in [2.24, 2.45) is 0 Å². The molecule has 7 heteroatoms. The first kappa shape index (κ1) is 19.6. The van der Waals surface area contributed by atoms with E-state index in [1.165, 1.54) is 0 Å². The number of benzene rings is 1. The number of rotatable bonds is 6. The SMILES string of the molecule is CCOc1ccccc1CN1CCNC(=O)[C@H]1CC(=O)N1CCN(C)CC1. The van der Waals surface area contributed by atoms with E-state index < -0.39 is 6.04 Å². The summed E-state index contributed by atoms with van der Waals surface area (Å²) in [6.07, 6.45) is 0.229. The molecule has 2 fully saturated rings. The summed E-state index contributed by atoms with van der Waals surface area (Å²) in [5.74, 6) is 0.848. The number of hydrogen-bond donors (Lipinski definition) is 1. The maximum absolute atomic E-state index is 12.8. The Balaban J connectivity index is 1.68. The Hall–Kier alpha value is -2.12. The highest BCUT2D eigenvalue weighted by molar-refractivity contribution is 5.88. The minimum absolute atomic E-state index is 0.0578. The minimum atomic E-state index is -0.430. The van der Waals surface area contributed by atoms with Crippen LogP contribution in [0.15, 0.2) is 24.3 Å². The van der Waals surface area contributed by atoms with E-state index in [9.17, 15) is 9.59 Å². The number of carbonyl (C=O) groups excluding carboxylic acids is 2. The van der Waals surface area contributed by atoms with E-state index in [0.29, 0.717) is 19.7 Å². The molecule has 3 rings (SSSR count). The van der Waals surface area contributed by atoms with E-state index in [4.69, 9.17) is 4.74 Å². The monoisotopic (exact) mass is 374 g/mol. The van der Waals surface area contributed by atoms with Crippen LogP contribution in [0.5, 0.6) is 5.75 Å². The van der Waals surface area contributed by atoms with Gasteiger partial charge in [-0.1, -0.05) is 18.2 Å². The van der Waals surface area contributed by atoms with Crippen molar-refractivity contribution in [3.8, 4) is 5.75 Å². The number of amides is 2. The number of nitrogens with zero attached hydrogens (tertiary/aromatic N) is 3. The molecule has 1 atom stereocenters. The molecular formula is C20H30N4O3. The summed E-state index contributed by atoms with van der Waals surface area (Å²) in [6.45, 7) is 7.73. The molecule has 0 radical (unpaired) electrons. The summed E-state index contributed by atoms with van der Waals surface area (Å²) < 4.78 is 5.72. The van der Waals surface area contributed by atoms with Gasteiger partial charge in [-0.3, -0.25) is 14.5 Å². The zero-order valence-corrected chi connectivity index (χ0v) is 16.3. The van der Waals surface area contributed by atoms with Crippen LogP contribution >= 0.6 is 0 Å². The fourth-order valence-electron chi connectivity index (χ4n) is 3.67. The van der Waals surface area contributed by atoms with Crippen LogP contribution < -0.4 is 10.1 Å². The van der Waals surface area contributed by atoms with Gasteiger partial charge in [0.1, 0.15) is 5.75 Å². The van der Waals surface area contributed by atoms with Crippen LogP contribution in [-0.2, 0) is 16.1 Å². The van der Waals surface area contributed by atoms with Crippen LogP contribution in [0.2, 0.25) is 0 Å². The van der Waals surface area contributed by atoms with Crippen molar-refractivity contribution in [3.05, 3.63) is 29.8 Å². The zero-order chi connectivity index (χ0) is 19.2. The number of ether oxygens (including phenoxy) is 1. The van der Waals surface area contributed by atoms with Gasteiger partial charge in [-0.25, -0.2) is 0 Å². The van der Waals surface area contributed by atoms with E-state index in [1.807, 2.05) is 36.1 Å². The summed E-state index contributed by atoms with van der Waals surface area (Å²) in [5.41, 5.74) is 1.05. The van der Waals surface area contributed by atoms with Crippen LogP contribution in [-0.4, -0.2) is 85.5 Å². The summed E-state index contributed by atoms with van der Waals surface area (Å²) in [4.78, 5) is 31.5. The van der Waals surface area contributed by atoms with E-state index >= 15 is 0 Å². The van der Waals surface area contributed by atoms with Crippen molar-refractivity contribution >= 4 is 11.8 Å². The lowest BCUT2D eigenvalue weighted by atomic mass is 10.1. The fraction of sp³-hybridized carbons (Fsp3) is 0.600. The van der Waals surface area contributed by atoms with Gasteiger partial charge in [0.05, 0.1) is 19.1 Å². The number of hydrogen-bond acceptors (Lipinski definition) is 5. The van der Waals surface area contributed by atoms with Gasteiger partial charge in [0.25, 0.3) is 0 Å². The summed E-state index contributed by atoms with van der Waals surface area (Å²) in [7, 11) is 2.06. The lowest BCUT2D eigenvalue weighted by Gasteiger charge is -2.37. The Labute approximate surface area is 161 Å². The molecule has 2 aliphatic heterocycles. The standard InChI is InChI=1S/C20H30N4O3/c1-3-27-18-7-5-4-6-16(18)15-24-9-8-21-20(26)17(24)14-19(25)23-12-10-22(2)11-13-23/h4-7,17H,3,8-15H2,1-2H3,(H,21,26)/t17-/m1/s1. The molecule has 1 aromatic carbocycles. The molecule has 0 unspecified atom stereocenters. The van der Waals surface area contributed by atoms with Crippen molar-refractivity contribution in [3.63, 3.8) is 0 Å². The maximum atomic E-state index is 12.8. The maximum Gasteiger partial charge on any atom is 0.237 e. The fourth-order valence-corrected chi connectivity index (χ4v) is 3.67. The zero-order valence-electron chi connectivity index (χ0n) is 16.3. The third-order valence-electron chi connectivity index (χ3n) is 5.31. The number of likely N-dealkylation sites (N-methyl/N-ethyl adjacent to an activating group) is 1. The Kier molecular flexibility index (Phi) is 6.68. The molecule has 1 aromatic rings. The molecule has 27 heavy (non-hydrogen) atoms. The van der Waals surface area contributed by atoms with Gasteiger partial charge < -0.3 is 19.9 Å². The van der Waals surface area contributed by atoms with Crippen molar-refractivity contribution in [2.75, 3.05) is 52.9 Å². The molecule has 1 N–H and O–H groups in total. The minimum Gasteiger partial charge on any atom is -0.494 e. The van der Waals surface area contributed by atoms with Crippen LogP contribution in [0.25, 0.3) is 0 Å². The van der Waals surface area contributed by atoms with E-state index in [1.54, 1.807) is 0 Å². The van der Waals surface area contributed by atoms with Gasteiger partial charge in [0.15, 0.2) is 0 Å². The highest BCUT2D eigenvalue weighted by atomic mass is 16.5. The number of carbonyl (C=O) groups is 2. The second kappa shape index (κ2) is 9.19. The second-order valence-electron chi connectivity index (χ2n) is 7.21. The van der Waals surface area contributed by atoms with Crippen LogP contribution in [0, 0.1) is 0 Å². The predicted molar refractivity (Wildman–Crippen MR) is 104 cm³/mol. The number of para-hydroxylation sites is 1. The molecule has 2 aliphatic rings. The quantitative estimate of drug-likeness (QED) is 0.788. The summed E-state index contributed by atoms with van der Waals surface area (Å²) in [5, 5.41) is 2.91. The molecule has 7 nitrogen and oxygen atoms in total. The molecule has 2 heterocycles. The van der Waals surface area contributed by atoms with Crippen LogP contribution in [0.1, 0.15) is 18.9 Å². The number of nitrogens with one attached hydrogen (secondary N) is 1. The van der Waals surface area contributed by atoms with Gasteiger partial charge >= 0.3 is 0 Å². The number of piperazine rings is 2. The average molecular weight is 374 g/mol. The molecule has 0 spiro atoms. The van der Waals surface area contributed by atoms with Crippen LogP contribution in [0.3, 0.4) is 0 Å². The van der Waals surface area contributed by atoms with Crippen molar-refractivity contribution in [2.45, 2.75) is 25.9 Å². The van der Waals surface area contributed by atoms with Gasteiger partial charge in [-0.2, -0.15) is 0 Å². The first-order chi connectivity index (χ1) is 13.1. The Morgan fingerprint density at radius 2 is 1.93 bits per heavy atom. The predicted octanol–water partition coefficient (Wildman–Crippen LogP) is 0.550. The van der Waals surface area contributed by atoms with Crippen molar-refractivity contribution in [1.29, 1.82) is 0 Å². The highest BCUT2D eigenvalue weighted by Gasteiger charge is 2.33. The van der Waals surface area contributed by atoms with E-state index in [0.717, 1.165) is 44.0 Å². The molecule has 148 valence electrons. The van der Waals surface area contributed by atoms with Crippen molar-refractivity contribution < 1.29 is 14.3 Å². The second-order valence-corrected chi connectivity index (χ2v) is 7.21. The molecule has 2 saturated heterocycles. The third kappa shape index (κ3) is 4.99. The Bertz CT molecular complexity index is 658. The molecule has 2 amide bonds. The van der Waals surface area contributed by atoms with E-state index in [2.05, 4.69) is 22.2 Å². The molecule has 0 saturated carbocycles. The first-order valence-electron chi connectivity index (χ1n) is 9.77.